The van der Waals surface area contributed by atoms with Crippen LogP contribution >= 0.6 is 0 Å². The molecule has 4 rings (SSSR count). The van der Waals surface area contributed by atoms with E-state index in [9.17, 15) is 18.0 Å². The van der Waals surface area contributed by atoms with Gasteiger partial charge in [-0.2, -0.15) is 13.2 Å². The fourth-order valence-corrected chi connectivity index (χ4v) is 3.56. The van der Waals surface area contributed by atoms with E-state index in [2.05, 4.69) is 21.9 Å². The fraction of sp³-hybridized carbons (Fsp3) is 0.333. The Labute approximate surface area is 200 Å². The van der Waals surface area contributed by atoms with Crippen molar-refractivity contribution < 1.29 is 27.9 Å². The molecule has 0 unspecified atom stereocenters. The minimum atomic E-state index is -5.08. The predicted molar refractivity (Wildman–Crippen MR) is 124 cm³/mol. The van der Waals surface area contributed by atoms with Crippen LogP contribution in [0.2, 0.25) is 0 Å². The van der Waals surface area contributed by atoms with Crippen molar-refractivity contribution in [2.45, 2.75) is 12.6 Å². The Morgan fingerprint density at radius 1 is 0.914 bits per heavy atom. The smallest absolute Gasteiger partial charge is 0.475 e. The predicted octanol–water partition coefficient (Wildman–Crippen LogP) is 3.56. The van der Waals surface area contributed by atoms with Crippen LogP contribution in [-0.4, -0.2) is 80.7 Å². The van der Waals surface area contributed by atoms with Crippen molar-refractivity contribution in [2.24, 2.45) is 7.05 Å². The minimum absolute atomic E-state index is 0.0888. The van der Waals surface area contributed by atoms with Crippen molar-refractivity contribution in [1.29, 1.82) is 0 Å². The number of carboxylic acid groups (broad SMARTS) is 1. The number of hydrogen-bond acceptors (Lipinski definition) is 5. The number of likely N-dealkylation sites (N-methyl/N-ethyl adjacent to an activating group) is 1. The minimum Gasteiger partial charge on any atom is -0.475 e. The lowest BCUT2D eigenvalue weighted by atomic mass is 10.1. The average Bonchev–Trinajstić information content (AvgIpc) is 3.09. The van der Waals surface area contributed by atoms with Crippen LogP contribution in [0.5, 0.6) is 0 Å². The van der Waals surface area contributed by atoms with E-state index in [0.29, 0.717) is 11.5 Å². The maximum atomic E-state index is 13.0. The van der Waals surface area contributed by atoms with E-state index in [4.69, 9.17) is 9.90 Å². The van der Waals surface area contributed by atoms with Gasteiger partial charge in [0.2, 0.25) is 0 Å². The van der Waals surface area contributed by atoms with Gasteiger partial charge in [0.15, 0.2) is 5.82 Å². The fourth-order valence-electron chi connectivity index (χ4n) is 3.56. The van der Waals surface area contributed by atoms with Gasteiger partial charge in [-0.1, -0.05) is 30.3 Å². The second-order valence-corrected chi connectivity index (χ2v) is 8.14. The summed E-state index contributed by atoms with van der Waals surface area (Å²) >= 11 is 0. The maximum absolute atomic E-state index is 13.0. The molecule has 0 saturated carbocycles. The number of carboxylic acids is 1. The molecule has 3 heterocycles. The molecule has 0 spiro atoms. The number of benzene rings is 1. The molecule has 1 aliphatic heterocycles. The van der Waals surface area contributed by atoms with Crippen molar-refractivity contribution in [3.05, 3.63) is 60.7 Å². The Balaban J connectivity index is 0.000000429. The van der Waals surface area contributed by atoms with Crippen molar-refractivity contribution in [3.63, 3.8) is 0 Å². The van der Waals surface area contributed by atoms with E-state index < -0.39 is 12.1 Å². The van der Waals surface area contributed by atoms with E-state index in [1.54, 1.807) is 0 Å². The molecule has 11 heteroatoms. The first-order chi connectivity index (χ1) is 16.6. The number of halogens is 3. The zero-order valence-electron chi connectivity index (χ0n) is 19.4. The van der Waals surface area contributed by atoms with Crippen LogP contribution in [0.3, 0.4) is 0 Å². The summed E-state index contributed by atoms with van der Waals surface area (Å²) < 4.78 is 33.6. The summed E-state index contributed by atoms with van der Waals surface area (Å²) in [4.78, 5) is 35.1. The summed E-state index contributed by atoms with van der Waals surface area (Å²) in [5.74, 6) is -1.97. The lowest BCUT2D eigenvalue weighted by molar-refractivity contribution is -0.192. The topological polar surface area (TPSA) is 91.6 Å². The molecular formula is C24H26F3N5O3. The van der Waals surface area contributed by atoms with Gasteiger partial charge >= 0.3 is 12.1 Å². The molecule has 1 fully saturated rings. The second kappa shape index (κ2) is 11.1. The van der Waals surface area contributed by atoms with Crippen LogP contribution in [0.15, 0.2) is 55.0 Å². The molecule has 35 heavy (non-hydrogen) atoms. The summed E-state index contributed by atoms with van der Waals surface area (Å²) in [5, 5.41) is 7.12. The Bertz CT molecular complexity index is 1150. The van der Waals surface area contributed by atoms with Crippen LogP contribution in [0.25, 0.3) is 22.5 Å². The summed E-state index contributed by atoms with van der Waals surface area (Å²) in [6.07, 6.45) is 1.53. The Kier molecular flexibility index (Phi) is 8.23. The first-order valence-electron chi connectivity index (χ1n) is 10.9. The quantitative estimate of drug-likeness (QED) is 0.605. The molecule has 1 amide bonds. The molecule has 0 radical (unpaired) electrons. The van der Waals surface area contributed by atoms with E-state index >= 15 is 0 Å². The lowest BCUT2D eigenvalue weighted by Gasteiger charge is -2.20. The lowest BCUT2D eigenvalue weighted by Crippen LogP contribution is -2.35. The number of amides is 1. The number of carbonyl (C=O) groups is 2. The first-order valence-corrected chi connectivity index (χ1v) is 10.9. The zero-order valence-corrected chi connectivity index (χ0v) is 19.4. The number of nitrogens with zero attached hydrogens (tertiary/aromatic N) is 5. The van der Waals surface area contributed by atoms with Crippen molar-refractivity contribution in [3.8, 4) is 22.5 Å². The highest BCUT2D eigenvalue weighted by atomic mass is 19.4. The Morgan fingerprint density at radius 3 is 2.14 bits per heavy atom. The zero-order chi connectivity index (χ0) is 25.6. The molecule has 1 N–H and O–H groups in total. The Morgan fingerprint density at radius 2 is 1.54 bits per heavy atom. The Hall–Kier alpha value is -3.73. The average molecular weight is 489 g/mol. The summed E-state index contributed by atoms with van der Waals surface area (Å²) in [6.45, 7) is 3.52. The maximum Gasteiger partial charge on any atom is 0.490 e. The van der Waals surface area contributed by atoms with Gasteiger partial charge < -0.3 is 19.5 Å². The van der Waals surface area contributed by atoms with Crippen LogP contribution in [0, 0.1) is 0 Å². The molecule has 8 nitrogen and oxygen atoms in total. The van der Waals surface area contributed by atoms with Gasteiger partial charge in [0.25, 0.3) is 5.91 Å². The van der Waals surface area contributed by atoms with E-state index in [0.717, 1.165) is 49.3 Å². The number of carbonyl (C=O) groups excluding carboxylic acids is 1. The van der Waals surface area contributed by atoms with Gasteiger partial charge in [0.05, 0.1) is 0 Å². The molecule has 0 aliphatic carbocycles. The number of hydrogen-bond donors (Lipinski definition) is 1. The van der Waals surface area contributed by atoms with Crippen molar-refractivity contribution in [1.82, 2.24) is 24.3 Å². The second-order valence-electron chi connectivity index (χ2n) is 8.14. The standard InChI is InChI=1S/C22H25N5O.C2HF3O2/c1-25-9-6-10-27(12-11-25)22(28)20-13-18(16-26(20)2)19-14-23-21(24-15-19)17-7-4-3-5-8-17;3-2(4,5)1(6)7/h3-5,7-8,13-16H,6,9-12H2,1-2H3;(H,6,7). The molecule has 0 bridgehead atoms. The largest absolute Gasteiger partial charge is 0.490 e. The number of rotatable bonds is 3. The van der Waals surface area contributed by atoms with Gasteiger partial charge in [-0.15, -0.1) is 0 Å². The van der Waals surface area contributed by atoms with Crippen LogP contribution < -0.4 is 0 Å². The highest BCUT2D eigenvalue weighted by molar-refractivity contribution is 5.94. The van der Waals surface area contributed by atoms with Crippen LogP contribution in [0.1, 0.15) is 16.9 Å². The SMILES string of the molecule is CN1CCCN(C(=O)c2cc(-c3cnc(-c4ccccc4)nc3)cn2C)CC1.O=C(O)C(F)(F)F. The van der Waals surface area contributed by atoms with Gasteiger partial charge in [-0.3, -0.25) is 4.79 Å². The third kappa shape index (κ3) is 6.89. The highest BCUT2D eigenvalue weighted by Crippen LogP contribution is 2.23. The molecule has 1 aromatic carbocycles. The highest BCUT2D eigenvalue weighted by Gasteiger charge is 2.38. The third-order valence-corrected chi connectivity index (χ3v) is 5.49. The molecular weight excluding hydrogens is 463 g/mol. The summed E-state index contributed by atoms with van der Waals surface area (Å²) in [7, 11) is 4.02. The number of aromatic nitrogens is 3. The number of aryl methyl sites for hydroxylation is 1. The molecule has 1 aliphatic rings. The van der Waals surface area contributed by atoms with Crippen molar-refractivity contribution >= 4 is 11.9 Å². The number of aliphatic carboxylic acids is 1. The number of alkyl halides is 3. The normalized spacial score (nSPS) is 14.6. The molecule has 2 aromatic heterocycles. The summed E-state index contributed by atoms with van der Waals surface area (Å²) in [6, 6.07) is 11.9. The molecule has 186 valence electrons. The van der Waals surface area contributed by atoms with Crippen molar-refractivity contribution in [2.75, 3.05) is 33.2 Å². The van der Waals surface area contributed by atoms with Gasteiger partial charge in [-0.05, 0) is 26.1 Å². The van der Waals surface area contributed by atoms with Crippen LogP contribution in [0.4, 0.5) is 13.2 Å². The third-order valence-electron chi connectivity index (χ3n) is 5.49. The molecule has 3 aromatic rings. The van der Waals surface area contributed by atoms with Gasteiger partial charge in [0.1, 0.15) is 5.69 Å². The van der Waals surface area contributed by atoms with E-state index in [-0.39, 0.29) is 5.91 Å². The van der Waals surface area contributed by atoms with Gasteiger partial charge in [0, 0.05) is 62.0 Å². The van der Waals surface area contributed by atoms with Gasteiger partial charge in [-0.25, -0.2) is 14.8 Å². The molecule has 0 atom stereocenters. The van der Waals surface area contributed by atoms with Crippen LogP contribution in [-0.2, 0) is 11.8 Å². The summed E-state index contributed by atoms with van der Waals surface area (Å²) in [5.41, 5.74) is 3.55. The molecule has 1 saturated heterocycles. The monoisotopic (exact) mass is 489 g/mol. The first kappa shape index (κ1) is 25.9. The van der Waals surface area contributed by atoms with E-state index in [1.807, 2.05) is 71.5 Å². The van der Waals surface area contributed by atoms with E-state index in [1.165, 1.54) is 0 Å².